The Morgan fingerprint density at radius 2 is 1.89 bits per heavy atom. The van der Waals surface area contributed by atoms with Crippen molar-refractivity contribution in [3.63, 3.8) is 0 Å². The lowest BCUT2D eigenvalue weighted by Gasteiger charge is -2.16. The first-order valence-electron chi connectivity index (χ1n) is 5.79. The summed E-state index contributed by atoms with van der Waals surface area (Å²) in [5.74, 6) is -0.0185. The van der Waals surface area contributed by atoms with Crippen LogP contribution in [0.5, 0.6) is 5.75 Å². The molecule has 0 N–H and O–H groups in total. The molecule has 0 fully saturated rings. The zero-order chi connectivity index (χ0) is 13.4. The quantitative estimate of drug-likeness (QED) is 0.325. The molecule has 1 aromatic rings. The van der Waals surface area contributed by atoms with Gasteiger partial charge in [0, 0.05) is 24.5 Å². The fourth-order valence-corrected chi connectivity index (χ4v) is 2.82. The van der Waals surface area contributed by atoms with Gasteiger partial charge in [0.2, 0.25) is 0 Å². The molecule has 0 spiro atoms. The molecule has 0 amide bonds. The Morgan fingerprint density at radius 3 is 2.44 bits per heavy atom. The maximum Gasteiger partial charge on any atom is 0.427 e. The van der Waals surface area contributed by atoms with Gasteiger partial charge in [-0.25, -0.2) is 4.79 Å². The lowest BCUT2D eigenvalue weighted by atomic mass is 10.3. The van der Waals surface area contributed by atoms with Crippen LogP contribution < -0.4 is 9.92 Å². The number of ether oxygens (including phenoxy) is 1. The van der Waals surface area contributed by atoms with Crippen LogP contribution in [0.15, 0.2) is 36.9 Å². The van der Waals surface area contributed by atoms with Gasteiger partial charge in [-0.2, -0.15) is 0 Å². The molecule has 0 saturated carbocycles. The second kappa shape index (κ2) is 7.81. The van der Waals surface area contributed by atoms with Crippen LogP contribution in [-0.2, 0) is 13.6 Å². The van der Waals surface area contributed by atoms with Gasteiger partial charge < -0.3 is 13.6 Å². The van der Waals surface area contributed by atoms with Crippen LogP contribution in [0.25, 0.3) is 0 Å². The Labute approximate surface area is 109 Å². The van der Waals surface area contributed by atoms with Gasteiger partial charge in [0.15, 0.2) is 0 Å². The van der Waals surface area contributed by atoms with Crippen LogP contribution in [-0.4, -0.2) is 28.5 Å². The number of carbonyl (C=O) groups excluding carboxylic acids is 1. The molecule has 1 radical (unpaired) electrons. The number of esters is 1. The van der Waals surface area contributed by atoms with E-state index >= 15 is 0 Å². The highest BCUT2D eigenvalue weighted by Gasteiger charge is 2.23. The van der Waals surface area contributed by atoms with E-state index in [-0.39, 0.29) is 0 Å². The zero-order valence-electron chi connectivity index (χ0n) is 10.6. The molecule has 0 unspecified atom stereocenters. The van der Waals surface area contributed by atoms with Crippen molar-refractivity contribution in [2.45, 2.75) is 13.8 Å². The molecule has 18 heavy (non-hydrogen) atoms. The molecule has 0 atom stereocenters. The number of benzene rings is 1. The van der Waals surface area contributed by atoms with Gasteiger partial charge in [-0.15, -0.1) is 0 Å². The van der Waals surface area contributed by atoms with Gasteiger partial charge in [0.1, 0.15) is 5.75 Å². The summed E-state index contributed by atoms with van der Waals surface area (Å²) in [6, 6.07) is 7.24. The first kappa shape index (κ1) is 14.6. The number of rotatable bonds is 7. The van der Waals surface area contributed by atoms with Gasteiger partial charge >= 0.3 is 15.3 Å². The topological polar surface area (TPSA) is 44.8 Å². The molecule has 0 bridgehead atoms. The Bertz CT molecular complexity index is 400. The minimum absolute atomic E-state index is 0.471. The van der Waals surface area contributed by atoms with Gasteiger partial charge in [-0.1, -0.05) is 24.8 Å². The lowest BCUT2D eigenvalue weighted by Crippen LogP contribution is -2.38. The van der Waals surface area contributed by atoms with Crippen LogP contribution in [0.3, 0.4) is 0 Å². The minimum Gasteiger partial charge on any atom is -0.423 e. The molecule has 4 nitrogen and oxygen atoms in total. The smallest absolute Gasteiger partial charge is 0.423 e. The van der Waals surface area contributed by atoms with Gasteiger partial charge in [-0.05, 0) is 19.9 Å². The Balaban J connectivity index is 2.97. The lowest BCUT2D eigenvalue weighted by molar-refractivity contribution is -0.128. The average molecular weight is 265 g/mol. The van der Waals surface area contributed by atoms with Crippen molar-refractivity contribution < 1.29 is 18.4 Å². The van der Waals surface area contributed by atoms with Crippen molar-refractivity contribution in [3.05, 3.63) is 36.9 Å². The van der Waals surface area contributed by atoms with Gasteiger partial charge in [0.05, 0.1) is 0 Å². The fraction of sp³-hybridized carbons (Fsp3) is 0.308. The van der Waals surface area contributed by atoms with Crippen molar-refractivity contribution >= 4 is 20.4 Å². The third kappa shape index (κ3) is 4.10. The average Bonchev–Trinajstić information content (AvgIpc) is 2.39. The van der Waals surface area contributed by atoms with E-state index in [0.29, 0.717) is 19.0 Å². The normalized spacial score (nSPS) is 10.4. The van der Waals surface area contributed by atoms with Crippen molar-refractivity contribution in [2.75, 3.05) is 13.2 Å². The molecule has 97 valence electrons. The summed E-state index contributed by atoms with van der Waals surface area (Å²) in [7, 11) is -1.62. The molecule has 5 heteroatoms. The molecule has 0 aliphatic heterocycles. The summed E-state index contributed by atoms with van der Waals surface area (Å²) in [5, 5.41) is 0.793. The molecule has 0 aromatic heterocycles. The monoisotopic (exact) mass is 265 g/mol. The molecule has 0 saturated heterocycles. The predicted molar refractivity (Wildman–Crippen MR) is 70.9 cm³/mol. The van der Waals surface area contributed by atoms with Crippen molar-refractivity contribution in [1.29, 1.82) is 0 Å². The van der Waals surface area contributed by atoms with Crippen LogP contribution >= 0.6 is 0 Å². The van der Waals surface area contributed by atoms with E-state index in [2.05, 4.69) is 6.58 Å². The Morgan fingerprint density at radius 1 is 1.28 bits per heavy atom. The Kier molecular flexibility index (Phi) is 6.35. The molecular formula is C13H17O4Si. The van der Waals surface area contributed by atoms with E-state index in [1.807, 2.05) is 26.0 Å². The molecule has 0 heterocycles. The number of para-hydroxylation sites is 1. The zero-order valence-corrected chi connectivity index (χ0v) is 11.6. The number of hydrogen-bond donors (Lipinski definition) is 0. The first-order chi connectivity index (χ1) is 8.72. The minimum atomic E-state index is -1.62. The SMILES string of the molecule is C=CC(=O)Oc1ccccc1[Si](OCC)OCC. The molecular weight excluding hydrogens is 248 g/mol. The number of carbonyl (C=O) groups is 1. The highest BCUT2D eigenvalue weighted by Crippen LogP contribution is 2.10. The third-order valence-electron chi connectivity index (χ3n) is 2.04. The van der Waals surface area contributed by atoms with E-state index in [4.69, 9.17) is 13.6 Å². The van der Waals surface area contributed by atoms with Crippen molar-refractivity contribution in [3.8, 4) is 5.75 Å². The second-order valence-electron chi connectivity index (χ2n) is 3.27. The van der Waals surface area contributed by atoms with Crippen LogP contribution in [0.2, 0.25) is 0 Å². The van der Waals surface area contributed by atoms with Crippen LogP contribution in [0.1, 0.15) is 13.8 Å². The summed E-state index contributed by atoms with van der Waals surface area (Å²) >= 11 is 0. The molecule has 1 aromatic carbocycles. The fourth-order valence-electron chi connectivity index (χ4n) is 1.33. The largest absolute Gasteiger partial charge is 0.427 e. The highest BCUT2D eigenvalue weighted by atomic mass is 28.3. The molecule has 0 aliphatic carbocycles. The van der Waals surface area contributed by atoms with E-state index in [1.54, 1.807) is 12.1 Å². The molecule has 0 aliphatic rings. The number of hydrogen-bond acceptors (Lipinski definition) is 4. The maximum atomic E-state index is 11.3. The van der Waals surface area contributed by atoms with Crippen molar-refractivity contribution in [2.24, 2.45) is 0 Å². The summed E-state index contributed by atoms with van der Waals surface area (Å²) in [6.07, 6.45) is 1.13. The molecule has 1 rings (SSSR count). The van der Waals surface area contributed by atoms with Crippen molar-refractivity contribution in [1.82, 2.24) is 0 Å². The Hall–Kier alpha value is -1.43. The van der Waals surface area contributed by atoms with E-state index < -0.39 is 15.3 Å². The maximum absolute atomic E-state index is 11.3. The summed E-state index contributed by atoms with van der Waals surface area (Å²) in [4.78, 5) is 11.3. The second-order valence-corrected chi connectivity index (χ2v) is 4.97. The summed E-state index contributed by atoms with van der Waals surface area (Å²) in [6.45, 7) is 8.29. The summed E-state index contributed by atoms with van der Waals surface area (Å²) in [5.41, 5.74) is 0. The van der Waals surface area contributed by atoms with Gasteiger partial charge in [-0.3, -0.25) is 0 Å². The standard InChI is InChI=1S/C13H17O4Si/c1-4-13(14)17-11-9-7-8-10-12(11)18(15-5-2)16-6-3/h4,7-10H,1,5-6H2,2-3H3. The predicted octanol–water partition coefficient (Wildman–Crippen LogP) is 1.55. The summed E-state index contributed by atoms with van der Waals surface area (Å²) < 4.78 is 16.4. The highest BCUT2D eigenvalue weighted by molar-refractivity contribution is 6.62. The third-order valence-corrected chi connectivity index (χ3v) is 3.99. The van der Waals surface area contributed by atoms with E-state index in [9.17, 15) is 4.79 Å². The van der Waals surface area contributed by atoms with E-state index in [1.165, 1.54) is 0 Å². The first-order valence-corrected chi connectivity index (χ1v) is 7.10. The van der Waals surface area contributed by atoms with E-state index in [0.717, 1.165) is 11.3 Å². The van der Waals surface area contributed by atoms with Gasteiger partial charge in [0.25, 0.3) is 0 Å². The van der Waals surface area contributed by atoms with Crippen LogP contribution in [0.4, 0.5) is 0 Å². The van der Waals surface area contributed by atoms with Crippen LogP contribution in [0, 0.1) is 0 Å².